The van der Waals surface area contributed by atoms with Crippen LogP contribution in [0.3, 0.4) is 0 Å². The number of hydrogen-bond donors (Lipinski definition) is 1. The quantitative estimate of drug-likeness (QED) is 0.915. The summed E-state index contributed by atoms with van der Waals surface area (Å²) in [6.45, 7) is 3.58. The number of aliphatic hydroxyl groups excluding tert-OH is 1. The molecule has 1 N–H and O–H groups in total. The molecule has 1 atom stereocenters. The minimum atomic E-state index is 0.141. The Morgan fingerprint density at radius 3 is 3.21 bits per heavy atom. The van der Waals surface area contributed by atoms with Gasteiger partial charge in [-0.1, -0.05) is 0 Å². The monoisotopic (exact) mass is 279 g/mol. The molecule has 3 heterocycles. The Balaban J connectivity index is 1.72. The first-order valence-electron chi connectivity index (χ1n) is 6.48. The summed E-state index contributed by atoms with van der Waals surface area (Å²) in [5.41, 5.74) is 1.97. The topological polar surface area (TPSA) is 57.8 Å². The minimum Gasteiger partial charge on any atom is -0.396 e. The number of fused-ring (bicyclic) bond motifs is 1. The van der Waals surface area contributed by atoms with Gasteiger partial charge < -0.3 is 10.0 Å². The molecule has 2 aromatic heterocycles. The molecule has 2 aromatic rings. The third-order valence-electron chi connectivity index (χ3n) is 3.63. The third-order valence-corrected chi connectivity index (χ3v) is 4.52. The fourth-order valence-electron chi connectivity index (χ4n) is 2.54. The van der Waals surface area contributed by atoms with Crippen LogP contribution in [0.2, 0.25) is 0 Å². The first-order valence-corrected chi connectivity index (χ1v) is 7.36. The number of imidazole rings is 1. The maximum absolute atomic E-state index is 12.2. The van der Waals surface area contributed by atoms with E-state index in [9.17, 15) is 4.79 Å². The molecule has 1 amide bonds. The minimum absolute atomic E-state index is 0.141. The van der Waals surface area contributed by atoms with Gasteiger partial charge in [-0.2, -0.15) is 0 Å². The normalized spacial score (nSPS) is 19.5. The van der Waals surface area contributed by atoms with Crippen molar-refractivity contribution in [1.29, 1.82) is 0 Å². The van der Waals surface area contributed by atoms with E-state index >= 15 is 0 Å². The van der Waals surface area contributed by atoms with Gasteiger partial charge in [-0.25, -0.2) is 4.98 Å². The molecule has 1 aliphatic rings. The Hall–Kier alpha value is -1.40. The summed E-state index contributed by atoms with van der Waals surface area (Å²) in [4.78, 5) is 19.4. The van der Waals surface area contributed by atoms with E-state index in [1.54, 1.807) is 11.3 Å². The number of carbonyl (C=O) groups excluding carboxylic acids is 1. The van der Waals surface area contributed by atoms with E-state index in [1.165, 1.54) is 0 Å². The molecule has 0 bridgehead atoms. The van der Waals surface area contributed by atoms with Crippen molar-refractivity contribution in [3.63, 3.8) is 0 Å². The molecule has 1 fully saturated rings. The number of rotatable bonds is 3. The SMILES string of the molecule is Cc1cn2c(CC(=O)N3CCC(CO)C3)csc2n1. The van der Waals surface area contributed by atoms with Gasteiger partial charge in [0, 0.05) is 42.9 Å². The number of thiazole rings is 1. The molecular weight excluding hydrogens is 262 g/mol. The predicted molar refractivity (Wildman–Crippen MR) is 73.3 cm³/mol. The van der Waals surface area contributed by atoms with Crippen LogP contribution < -0.4 is 0 Å². The summed E-state index contributed by atoms with van der Waals surface area (Å²) in [7, 11) is 0. The van der Waals surface area contributed by atoms with Crippen molar-refractivity contribution >= 4 is 22.2 Å². The van der Waals surface area contributed by atoms with Gasteiger partial charge in [0.1, 0.15) is 0 Å². The van der Waals surface area contributed by atoms with Crippen LogP contribution in [0.1, 0.15) is 17.8 Å². The van der Waals surface area contributed by atoms with E-state index in [0.29, 0.717) is 13.0 Å². The van der Waals surface area contributed by atoms with Crippen LogP contribution in [0.25, 0.3) is 4.96 Å². The number of nitrogens with zero attached hydrogens (tertiary/aromatic N) is 3. The first-order chi connectivity index (χ1) is 9.17. The zero-order valence-electron chi connectivity index (χ0n) is 10.9. The van der Waals surface area contributed by atoms with E-state index < -0.39 is 0 Å². The number of likely N-dealkylation sites (tertiary alicyclic amines) is 1. The Morgan fingerprint density at radius 1 is 1.63 bits per heavy atom. The van der Waals surface area contributed by atoms with Crippen LogP contribution in [-0.4, -0.2) is 45.0 Å². The second-order valence-electron chi connectivity index (χ2n) is 5.12. The summed E-state index contributed by atoms with van der Waals surface area (Å²) >= 11 is 1.57. The predicted octanol–water partition coefficient (Wildman–Crippen LogP) is 1.09. The number of hydrogen-bond acceptors (Lipinski definition) is 4. The molecule has 0 aromatic carbocycles. The molecule has 3 rings (SSSR count). The van der Waals surface area contributed by atoms with Crippen molar-refractivity contribution in [3.8, 4) is 0 Å². The van der Waals surface area contributed by atoms with Gasteiger partial charge in [-0.3, -0.25) is 9.20 Å². The number of aromatic nitrogens is 2. The third kappa shape index (κ3) is 2.37. The number of carbonyl (C=O) groups is 1. The van der Waals surface area contributed by atoms with Crippen LogP contribution in [0, 0.1) is 12.8 Å². The molecule has 19 heavy (non-hydrogen) atoms. The molecule has 1 unspecified atom stereocenters. The highest BCUT2D eigenvalue weighted by Crippen LogP contribution is 2.20. The average Bonchev–Trinajstić information content (AvgIpc) is 3.06. The van der Waals surface area contributed by atoms with Gasteiger partial charge in [-0.15, -0.1) is 11.3 Å². The lowest BCUT2D eigenvalue weighted by molar-refractivity contribution is -0.129. The summed E-state index contributed by atoms with van der Waals surface area (Å²) in [5, 5.41) is 11.1. The lowest BCUT2D eigenvalue weighted by Crippen LogP contribution is -2.30. The molecule has 5 nitrogen and oxygen atoms in total. The zero-order valence-corrected chi connectivity index (χ0v) is 11.7. The Bertz CT molecular complexity index is 604. The van der Waals surface area contributed by atoms with E-state index in [4.69, 9.17) is 5.11 Å². The van der Waals surface area contributed by atoms with Crippen LogP contribution in [0.4, 0.5) is 0 Å². The van der Waals surface area contributed by atoms with Crippen LogP contribution in [0.15, 0.2) is 11.6 Å². The molecule has 0 aliphatic carbocycles. The van der Waals surface area contributed by atoms with E-state index in [2.05, 4.69) is 4.98 Å². The van der Waals surface area contributed by atoms with Gasteiger partial charge in [0.05, 0.1) is 12.1 Å². The molecular formula is C13H17N3O2S. The van der Waals surface area contributed by atoms with E-state index in [-0.39, 0.29) is 18.4 Å². The smallest absolute Gasteiger partial charge is 0.228 e. The molecule has 0 spiro atoms. The van der Waals surface area contributed by atoms with Crippen molar-refractivity contribution in [2.45, 2.75) is 19.8 Å². The van der Waals surface area contributed by atoms with Gasteiger partial charge in [0.15, 0.2) is 4.96 Å². The van der Waals surface area contributed by atoms with Gasteiger partial charge in [0.2, 0.25) is 5.91 Å². The summed E-state index contributed by atoms with van der Waals surface area (Å²) in [5.74, 6) is 0.393. The van der Waals surface area contributed by atoms with Crippen molar-refractivity contribution in [3.05, 3.63) is 23.0 Å². The highest BCUT2D eigenvalue weighted by atomic mass is 32.1. The van der Waals surface area contributed by atoms with E-state index in [0.717, 1.165) is 29.3 Å². The lowest BCUT2D eigenvalue weighted by atomic mass is 10.1. The molecule has 1 aliphatic heterocycles. The molecule has 0 radical (unpaired) electrons. The van der Waals surface area contributed by atoms with Gasteiger partial charge >= 0.3 is 0 Å². The van der Waals surface area contributed by atoms with E-state index in [1.807, 2.05) is 27.8 Å². The van der Waals surface area contributed by atoms with Crippen LogP contribution >= 0.6 is 11.3 Å². The standard InChI is InChI=1S/C13H17N3O2S/c1-9-5-16-11(8-19-13(16)14-9)4-12(18)15-3-2-10(6-15)7-17/h5,8,10,17H,2-4,6-7H2,1H3. The second kappa shape index (κ2) is 4.94. The maximum Gasteiger partial charge on any atom is 0.228 e. The van der Waals surface area contributed by atoms with Gasteiger partial charge in [0.25, 0.3) is 0 Å². The highest BCUT2D eigenvalue weighted by molar-refractivity contribution is 7.15. The molecule has 6 heteroatoms. The summed E-state index contributed by atoms with van der Waals surface area (Å²) in [6.07, 6.45) is 3.29. The maximum atomic E-state index is 12.2. The summed E-state index contributed by atoms with van der Waals surface area (Å²) < 4.78 is 2.00. The second-order valence-corrected chi connectivity index (χ2v) is 5.95. The summed E-state index contributed by atoms with van der Waals surface area (Å²) in [6, 6.07) is 0. The highest BCUT2D eigenvalue weighted by Gasteiger charge is 2.26. The van der Waals surface area contributed by atoms with Crippen molar-refractivity contribution < 1.29 is 9.90 Å². The Kier molecular flexibility index (Phi) is 3.28. The van der Waals surface area contributed by atoms with Crippen LogP contribution in [0.5, 0.6) is 0 Å². The largest absolute Gasteiger partial charge is 0.396 e. The average molecular weight is 279 g/mol. The van der Waals surface area contributed by atoms with Crippen molar-refractivity contribution in [2.24, 2.45) is 5.92 Å². The lowest BCUT2D eigenvalue weighted by Gasteiger charge is -2.15. The van der Waals surface area contributed by atoms with Crippen molar-refractivity contribution in [2.75, 3.05) is 19.7 Å². The number of aliphatic hydroxyl groups is 1. The van der Waals surface area contributed by atoms with Gasteiger partial charge in [-0.05, 0) is 13.3 Å². The first kappa shape index (κ1) is 12.6. The fraction of sp³-hybridized carbons (Fsp3) is 0.538. The van der Waals surface area contributed by atoms with Crippen molar-refractivity contribution in [1.82, 2.24) is 14.3 Å². The number of aryl methyl sites for hydroxylation is 1. The fourth-order valence-corrected chi connectivity index (χ4v) is 3.46. The Morgan fingerprint density at radius 2 is 2.47 bits per heavy atom. The Labute approximate surface area is 115 Å². The molecule has 1 saturated heterocycles. The molecule has 102 valence electrons. The van der Waals surface area contributed by atoms with Crippen LogP contribution in [-0.2, 0) is 11.2 Å². The molecule has 0 saturated carbocycles. The number of amides is 1. The zero-order chi connectivity index (χ0) is 13.4.